The van der Waals surface area contributed by atoms with Crippen molar-refractivity contribution in [1.29, 1.82) is 0 Å². The summed E-state index contributed by atoms with van der Waals surface area (Å²) < 4.78 is 4.96. The fourth-order valence-electron chi connectivity index (χ4n) is 1.16. The Morgan fingerprint density at radius 1 is 1.36 bits per heavy atom. The number of esters is 1. The number of hydrogen-bond donors (Lipinski definition) is 0. The molecule has 0 aliphatic carbocycles. The van der Waals surface area contributed by atoms with Crippen LogP contribution >= 0.6 is 12.2 Å². The topological polar surface area (TPSA) is 38.7 Å². The van der Waals surface area contributed by atoms with E-state index < -0.39 is 12.0 Å². The maximum atomic E-state index is 11.2. The molecule has 1 aliphatic heterocycles. The van der Waals surface area contributed by atoms with Crippen LogP contribution in [0.25, 0.3) is 0 Å². The smallest absolute Gasteiger partial charge is 0.342 e. The highest BCUT2D eigenvalue weighted by Crippen LogP contribution is 2.11. The number of cyclic esters (lactones) is 1. The summed E-state index contributed by atoms with van der Waals surface area (Å²) in [5, 5.41) is 1.30. The molecule has 14 heavy (non-hydrogen) atoms. The standard InChI is InChI=1S/C10H7NO2S/c12-10-8(6-14)11-9(13-10)7-4-2-1-3-5-7/h1-6,8H/t8-/m0/s1. The predicted octanol–water partition coefficient (Wildman–Crippen LogP) is 1.36. The Morgan fingerprint density at radius 2 is 2.07 bits per heavy atom. The van der Waals surface area contributed by atoms with Crippen LogP contribution in [0.15, 0.2) is 35.3 Å². The Labute approximate surface area is 86.4 Å². The Kier molecular flexibility index (Phi) is 2.37. The zero-order chi connectivity index (χ0) is 9.97. The molecule has 1 aromatic carbocycles. The third-order valence-electron chi connectivity index (χ3n) is 1.84. The van der Waals surface area contributed by atoms with E-state index in [-0.39, 0.29) is 0 Å². The molecule has 1 heterocycles. The van der Waals surface area contributed by atoms with E-state index in [4.69, 9.17) is 4.74 Å². The fourth-order valence-corrected chi connectivity index (χ4v) is 1.33. The maximum absolute atomic E-state index is 11.2. The van der Waals surface area contributed by atoms with Gasteiger partial charge in [0.2, 0.25) is 5.90 Å². The first-order valence-electron chi connectivity index (χ1n) is 4.11. The largest absolute Gasteiger partial charge is 0.405 e. The van der Waals surface area contributed by atoms with Crippen LogP contribution < -0.4 is 0 Å². The summed E-state index contributed by atoms with van der Waals surface area (Å²) in [6.45, 7) is 0. The van der Waals surface area contributed by atoms with Crippen LogP contribution in [-0.4, -0.2) is 23.3 Å². The van der Waals surface area contributed by atoms with Crippen LogP contribution in [0, 0.1) is 0 Å². The second kappa shape index (κ2) is 3.67. The van der Waals surface area contributed by atoms with Crippen LogP contribution in [0.2, 0.25) is 0 Å². The minimum Gasteiger partial charge on any atom is -0.405 e. The normalized spacial score (nSPS) is 20.1. The zero-order valence-corrected chi connectivity index (χ0v) is 8.03. The van der Waals surface area contributed by atoms with Gasteiger partial charge in [0.05, 0.1) is 0 Å². The first-order valence-corrected chi connectivity index (χ1v) is 4.58. The Morgan fingerprint density at radius 3 is 2.64 bits per heavy atom. The van der Waals surface area contributed by atoms with E-state index in [2.05, 4.69) is 17.2 Å². The summed E-state index contributed by atoms with van der Waals surface area (Å²) in [6.07, 6.45) is 0. The first-order chi connectivity index (χ1) is 6.81. The van der Waals surface area contributed by atoms with Crippen molar-refractivity contribution in [2.45, 2.75) is 6.04 Å². The molecule has 70 valence electrons. The Bertz CT molecular complexity index is 400. The average Bonchev–Trinajstić information content (AvgIpc) is 2.61. The van der Waals surface area contributed by atoms with Gasteiger partial charge >= 0.3 is 5.97 Å². The van der Waals surface area contributed by atoms with Crippen LogP contribution in [-0.2, 0) is 9.53 Å². The van der Waals surface area contributed by atoms with Gasteiger partial charge < -0.3 is 4.74 Å². The summed E-state index contributed by atoms with van der Waals surface area (Å²) in [6, 6.07) is 8.64. The van der Waals surface area contributed by atoms with Crippen molar-refractivity contribution in [3.8, 4) is 0 Å². The number of thiocarbonyl (C=S) groups is 1. The van der Waals surface area contributed by atoms with Gasteiger partial charge in [0.15, 0.2) is 6.04 Å². The van der Waals surface area contributed by atoms with E-state index in [1.165, 1.54) is 5.37 Å². The molecule has 0 amide bonds. The lowest BCUT2D eigenvalue weighted by atomic mass is 10.2. The van der Waals surface area contributed by atoms with Gasteiger partial charge in [-0.2, -0.15) is 0 Å². The number of carbonyl (C=O) groups excluding carboxylic acids is 1. The number of aliphatic imine (C=N–C) groups is 1. The van der Waals surface area contributed by atoms with Gasteiger partial charge in [-0.15, -0.1) is 0 Å². The van der Waals surface area contributed by atoms with Crippen molar-refractivity contribution in [2.75, 3.05) is 0 Å². The fraction of sp³-hybridized carbons (Fsp3) is 0.100. The van der Waals surface area contributed by atoms with Crippen LogP contribution in [0.5, 0.6) is 0 Å². The number of ether oxygens (including phenoxy) is 1. The van der Waals surface area contributed by atoms with Gasteiger partial charge in [-0.25, -0.2) is 9.79 Å². The van der Waals surface area contributed by atoms with Gasteiger partial charge in [-0.05, 0) is 12.1 Å². The zero-order valence-electron chi connectivity index (χ0n) is 7.21. The minimum absolute atomic E-state index is 0.349. The van der Waals surface area contributed by atoms with Crippen molar-refractivity contribution in [1.82, 2.24) is 0 Å². The summed E-state index contributed by atoms with van der Waals surface area (Å²) in [5.74, 6) is -0.0550. The van der Waals surface area contributed by atoms with Crippen LogP contribution in [0.1, 0.15) is 5.56 Å². The summed E-state index contributed by atoms with van der Waals surface area (Å²) in [4.78, 5) is 15.2. The molecule has 0 unspecified atom stereocenters. The molecule has 1 atom stereocenters. The number of hydrogen-bond acceptors (Lipinski definition) is 4. The van der Waals surface area contributed by atoms with E-state index in [1.54, 1.807) is 0 Å². The third kappa shape index (κ3) is 1.56. The molecule has 2 rings (SSSR count). The summed E-state index contributed by atoms with van der Waals surface area (Å²) in [7, 11) is 0. The van der Waals surface area contributed by atoms with Crippen molar-refractivity contribution in [2.24, 2.45) is 4.99 Å². The molecule has 0 saturated heterocycles. The van der Waals surface area contributed by atoms with Crippen molar-refractivity contribution < 1.29 is 9.53 Å². The molecule has 0 saturated carbocycles. The molecule has 3 nitrogen and oxygen atoms in total. The van der Waals surface area contributed by atoms with Gasteiger partial charge in [0.25, 0.3) is 0 Å². The summed E-state index contributed by atoms with van der Waals surface area (Å²) >= 11 is 4.66. The highest BCUT2D eigenvalue weighted by molar-refractivity contribution is 7.79. The molecule has 1 aromatic rings. The van der Waals surface area contributed by atoms with E-state index in [0.717, 1.165) is 5.56 Å². The lowest BCUT2D eigenvalue weighted by molar-refractivity contribution is -0.133. The SMILES string of the molecule is O=C1OC(c2ccccc2)=N[C@H]1C=S. The minimum atomic E-state index is -0.625. The lowest BCUT2D eigenvalue weighted by Crippen LogP contribution is -2.15. The highest BCUT2D eigenvalue weighted by atomic mass is 32.1. The summed E-state index contributed by atoms with van der Waals surface area (Å²) in [5.41, 5.74) is 0.792. The van der Waals surface area contributed by atoms with Crippen molar-refractivity contribution in [3.05, 3.63) is 35.9 Å². The second-order valence-electron chi connectivity index (χ2n) is 2.80. The molecule has 0 radical (unpaired) electrons. The molecular weight excluding hydrogens is 198 g/mol. The molecule has 0 fully saturated rings. The molecular formula is C10H7NO2S. The number of benzene rings is 1. The highest BCUT2D eigenvalue weighted by Gasteiger charge is 2.27. The van der Waals surface area contributed by atoms with Crippen LogP contribution in [0.4, 0.5) is 0 Å². The number of nitrogens with zero attached hydrogens (tertiary/aromatic N) is 1. The van der Waals surface area contributed by atoms with Gasteiger partial charge in [0, 0.05) is 10.9 Å². The molecule has 0 N–H and O–H groups in total. The Hall–Kier alpha value is -1.55. The maximum Gasteiger partial charge on any atom is 0.342 e. The lowest BCUT2D eigenvalue weighted by Gasteiger charge is -1.97. The average molecular weight is 205 g/mol. The quantitative estimate of drug-likeness (QED) is 0.540. The monoisotopic (exact) mass is 205 g/mol. The molecule has 0 aromatic heterocycles. The van der Waals surface area contributed by atoms with Gasteiger partial charge in [-0.1, -0.05) is 30.4 Å². The number of carbonyl (C=O) groups is 1. The van der Waals surface area contributed by atoms with E-state index in [1.807, 2.05) is 30.3 Å². The van der Waals surface area contributed by atoms with Crippen molar-refractivity contribution in [3.63, 3.8) is 0 Å². The molecule has 0 spiro atoms. The van der Waals surface area contributed by atoms with Gasteiger partial charge in [-0.3, -0.25) is 0 Å². The first kappa shape index (κ1) is 9.02. The number of rotatable bonds is 2. The Balaban J connectivity index is 2.30. The van der Waals surface area contributed by atoms with E-state index in [9.17, 15) is 4.79 Å². The van der Waals surface area contributed by atoms with Crippen molar-refractivity contribution >= 4 is 29.5 Å². The second-order valence-corrected chi connectivity index (χ2v) is 3.07. The van der Waals surface area contributed by atoms with Crippen LogP contribution in [0.3, 0.4) is 0 Å². The van der Waals surface area contributed by atoms with E-state index in [0.29, 0.717) is 5.90 Å². The molecule has 4 heteroatoms. The molecule has 0 bridgehead atoms. The van der Waals surface area contributed by atoms with Gasteiger partial charge in [0.1, 0.15) is 0 Å². The third-order valence-corrected chi connectivity index (χ3v) is 2.10. The predicted molar refractivity (Wildman–Crippen MR) is 56.5 cm³/mol. The van der Waals surface area contributed by atoms with E-state index >= 15 is 0 Å². The molecule has 1 aliphatic rings.